The fourth-order valence-electron chi connectivity index (χ4n) is 2.90. The summed E-state index contributed by atoms with van der Waals surface area (Å²) in [4.78, 5) is 25.8. The van der Waals surface area contributed by atoms with Crippen molar-refractivity contribution in [3.63, 3.8) is 0 Å². The second-order valence-corrected chi connectivity index (χ2v) is 6.75. The van der Waals surface area contributed by atoms with Gasteiger partial charge in [-0.2, -0.15) is 0 Å². The Hall–Kier alpha value is -1.88. The molecule has 2 aromatic rings. The quantitative estimate of drug-likeness (QED) is 0.926. The predicted octanol–water partition coefficient (Wildman–Crippen LogP) is 3.23. The van der Waals surface area contributed by atoms with Crippen molar-refractivity contribution < 1.29 is 14.7 Å². The third-order valence-corrected chi connectivity index (χ3v) is 5.17. The highest BCUT2D eigenvalue weighted by atomic mass is 32.1. The summed E-state index contributed by atoms with van der Waals surface area (Å²) in [6.45, 7) is 2.64. The van der Waals surface area contributed by atoms with Crippen molar-refractivity contribution in [2.24, 2.45) is 5.41 Å². The molecule has 0 radical (unpaired) electrons. The van der Waals surface area contributed by atoms with E-state index in [1.807, 2.05) is 29.6 Å². The molecule has 1 aromatic carbocycles. The second-order valence-electron chi connectivity index (χ2n) is 5.84. The number of fused-ring (bicyclic) bond motifs is 1. The van der Waals surface area contributed by atoms with Gasteiger partial charge in [-0.15, -0.1) is 11.3 Å². The number of benzene rings is 1. The summed E-state index contributed by atoms with van der Waals surface area (Å²) in [7, 11) is 0. The lowest BCUT2D eigenvalue weighted by Gasteiger charge is -2.37. The van der Waals surface area contributed by atoms with E-state index in [1.165, 1.54) is 0 Å². The fraction of sp³-hybridized carbons (Fsp3) is 0.375. The molecular weight excluding hydrogens is 286 g/mol. The van der Waals surface area contributed by atoms with E-state index in [-0.39, 0.29) is 12.5 Å². The molecule has 1 aliphatic rings. The molecule has 1 unspecified atom stereocenters. The Morgan fingerprint density at radius 2 is 2.10 bits per heavy atom. The largest absolute Gasteiger partial charge is 0.481 e. The van der Waals surface area contributed by atoms with Gasteiger partial charge in [0.2, 0.25) is 0 Å². The summed E-state index contributed by atoms with van der Waals surface area (Å²) >= 11 is 1.55. The molecule has 2 heterocycles. The van der Waals surface area contributed by atoms with Crippen LogP contribution in [0.25, 0.3) is 10.1 Å². The van der Waals surface area contributed by atoms with Crippen molar-refractivity contribution in [1.29, 1.82) is 0 Å². The van der Waals surface area contributed by atoms with Crippen LogP contribution in [0.3, 0.4) is 0 Å². The molecule has 1 fully saturated rings. The van der Waals surface area contributed by atoms with E-state index in [2.05, 4.69) is 0 Å². The molecule has 0 aliphatic carbocycles. The first-order valence-electron chi connectivity index (χ1n) is 7.00. The molecule has 1 saturated heterocycles. The summed E-state index contributed by atoms with van der Waals surface area (Å²) in [5, 5.41) is 12.2. The SMILES string of the molecule is CC1(C(=O)O)CCCN(C(=O)c2csc3ccccc23)C1. The molecule has 5 heteroatoms. The minimum atomic E-state index is -0.834. The zero-order valence-corrected chi connectivity index (χ0v) is 12.7. The molecule has 21 heavy (non-hydrogen) atoms. The average Bonchev–Trinajstić information content (AvgIpc) is 2.90. The van der Waals surface area contributed by atoms with Crippen LogP contribution in [-0.4, -0.2) is 35.0 Å². The summed E-state index contributed by atoms with van der Waals surface area (Å²) in [6.07, 6.45) is 1.35. The van der Waals surface area contributed by atoms with Crippen molar-refractivity contribution in [3.05, 3.63) is 35.2 Å². The third-order valence-electron chi connectivity index (χ3n) is 4.21. The topological polar surface area (TPSA) is 57.6 Å². The molecule has 0 saturated carbocycles. The number of nitrogens with zero attached hydrogens (tertiary/aromatic N) is 1. The van der Waals surface area contributed by atoms with Crippen molar-refractivity contribution in [2.45, 2.75) is 19.8 Å². The standard InChI is InChI=1S/C16H17NO3S/c1-16(15(19)20)7-4-8-17(10-16)14(18)12-9-21-13-6-3-2-5-11(12)13/h2-3,5-6,9H,4,7-8,10H2,1H3,(H,19,20). The maximum atomic E-state index is 12.7. The van der Waals surface area contributed by atoms with Crippen molar-refractivity contribution in [3.8, 4) is 0 Å². The number of amides is 1. The molecule has 1 amide bonds. The smallest absolute Gasteiger partial charge is 0.311 e. The Balaban J connectivity index is 1.90. The van der Waals surface area contributed by atoms with Gasteiger partial charge in [0.1, 0.15) is 0 Å². The normalized spacial score (nSPS) is 22.4. The van der Waals surface area contributed by atoms with E-state index < -0.39 is 11.4 Å². The maximum absolute atomic E-state index is 12.7. The Kier molecular flexibility index (Phi) is 3.45. The van der Waals surface area contributed by atoms with Gasteiger partial charge in [0.25, 0.3) is 5.91 Å². The zero-order valence-electron chi connectivity index (χ0n) is 11.8. The number of carbonyl (C=O) groups is 2. The number of carbonyl (C=O) groups excluding carboxylic acids is 1. The van der Waals surface area contributed by atoms with Gasteiger partial charge in [0, 0.05) is 28.6 Å². The van der Waals surface area contributed by atoms with Crippen molar-refractivity contribution in [1.82, 2.24) is 4.90 Å². The highest BCUT2D eigenvalue weighted by Crippen LogP contribution is 2.32. The number of hydrogen-bond donors (Lipinski definition) is 1. The molecule has 110 valence electrons. The van der Waals surface area contributed by atoms with Gasteiger partial charge >= 0.3 is 5.97 Å². The predicted molar refractivity (Wildman–Crippen MR) is 82.7 cm³/mol. The lowest BCUT2D eigenvalue weighted by Crippen LogP contribution is -2.48. The first kappa shape index (κ1) is 14.1. The van der Waals surface area contributed by atoms with E-state index in [4.69, 9.17) is 0 Å². The summed E-state index contributed by atoms with van der Waals surface area (Å²) in [6, 6.07) is 7.81. The van der Waals surface area contributed by atoms with Crippen LogP contribution in [0.1, 0.15) is 30.1 Å². The minimum Gasteiger partial charge on any atom is -0.481 e. The van der Waals surface area contributed by atoms with Crippen LogP contribution in [0.4, 0.5) is 0 Å². The number of carboxylic acid groups (broad SMARTS) is 1. The second kappa shape index (κ2) is 5.15. The average molecular weight is 303 g/mol. The highest BCUT2D eigenvalue weighted by molar-refractivity contribution is 7.17. The van der Waals surface area contributed by atoms with Crippen molar-refractivity contribution in [2.75, 3.05) is 13.1 Å². The lowest BCUT2D eigenvalue weighted by molar-refractivity contribution is -0.150. The summed E-state index contributed by atoms with van der Waals surface area (Å²) < 4.78 is 1.08. The van der Waals surface area contributed by atoms with Gasteiger partial charge < -0.3 is 10.0 Å². The molecule has 0 bridgehead atoms. The van der Waals surface area contributed by atoms with Crippen LogP contribution in [0, 0.1) is 5.41 Å². The van der Waals surface area contributed by atoms with E-state index >= 15 is 0 Å². The van der Waals surface area contributed by atoms with Crippen LogP contribution in [0.5, 0.6) is 0 Å². The maximum Gasteiger partial charge on any atom is 0.311 e. The van der Waals surface area contributed by atoms with Crippen LogP contribution in [0.2, 0.25) is 0 Å². The van der Waals surface area contributed by atoms with Crippen LogP contribution in [-0.2, 0) is 4.79 Å². The number of rotatable bonds is 2. The van der Waals surface area contributed by atoms with E-state index in [0.29, 0.717) is 18.5 Å². The van der Waals surface area contributed by atoms with Gasteiger partial charge in [-0.3, -0.25) is 9.59 Å². The zero-order chi connectivity index (χ0) is 15.0. The van der Waals surface area contributed by atoms with Gasteiger partial charge in [-0.05, 0) is 25.8 Å². The Labute approximate surface area is 127 Å². The van der Waals surface area contributed by atoms with Crippen LogP contribution >= 0.6 is 11.3 Å². The van der Waals surface area contributed by atoms with Crippen LogP contribution in [0.15, 0.2) is 29.6 Å². The lowest BCUT2D eigenvalue weighted by atomic mass is 9.82. The molecular formula is C16H17NO3S. The van der Waals surface area contributed by atoms with Gasteiger partial charge in [-0.25, -0.2) is 0 Å². The molecule has 1 aromatic heterocycles. The Bertz CT molecular complexity index is 708. The molecule has 3 rings (SSSR count). The first-order valence-corrected chi connectivity index (χ1v) is 7.88. The first-order chi connectivity index (χ1) is 10.0. The van der Waals surface area contributed by atoms with Crippen LogP contribution < -0.4 is 0 Å². The highest BCUT2D eigenvalue weighted by Gasteiger charge is 2.39. The Morgan fingerprint density at radius 1 is 1.33 bits per heavy atom. The van der Waals surface area contributed by atoms with Crippen molar-refractivity contribution >= 4 is 33.3 Å². The van der Waals surface area contributed by atoms with Gasteiger partial charge in [0.05, 0.1) is 11.0 Å². The van der Waals surface area contributed by atoms with E-state index in [1.54, 1.807) is 23.2 Å². The monoisotopic (exact) mass is 303 g/mol. The van der Waals surface area contributed by atoms with Gasteiger partial charge in [-0.1, -0.05) is 18.2 Å². The molecule has 4 nitrogen and oxygen atoms in total. The number of thiophene rings is 1. The molecule has 1 N–H and O–H groups in total. The summed E-state index contributed by atoms with van der Waals surface area (Å²) in [5.74, 6) is -0.880. The van der Waals surface area contributed by atoms with E-state index in [0.717, 1.165) is 16.5 Å². The Morgan fingerprint density at radius 3 is 2.86 bits per heavy atom. The number of piperidine rings is 1. The fourth-order valence-corrected chi connectivity index (χ4v) is 3.84. The molecule has 1 atom stereocenters. The van der Waals surface area contributed by atoms with Gasteiger partial charge in [0.15, 0.2) is 0 Å². The number of hydrogen-bond acceptors (Lipinski definition) is 3. The minimum absolute atomic E-state index is 0.0559. The number of likely N-dealkylation sites (tertiary alicyclic amines) is 1. The third kappa shape index (κ3) is 2.42. The van der Waals surface area contributed by atoms with E-state index in [9.17, 15) is 14.7 Å². The number of carboxylic acids is 1. The molecule has 0 spiro atoms. The number of aliphatic carboxylic acids is 1. The molecule has 1 aliphatic heterocycles. The summed E-state index contributed by atoms with van der Waals surface area (Å²) in [5.41, 5.74) is -0.148.